The van der Waals surface area contributed by atoms with Crippen LogP contribution in [0.4, 0.5) is 5.69 Å². The number of nitrogen functional groups attached to an aromatic ring is 1. The molecule has 0 atom stereocenters. The summed E-state index contributed by atoms with van der Waals surface area (Å²) in [5.41, 5.74) is 4.83. The fourth-order valence-corrected chi connectivity index (χ4v) is 3.67. The van der Waals surface area contributed by atoms with Crippen LogP contribution >= 0.6 is 0 Å². The van der Waals surface area contributed by atoms with Gasteiger partial charge in [-0.1, -0.05) is 6.92 Å². The number of carboxylic acid groups (broad SMARTS) is 1. The molecule has 0 fully saturated rings. The van der Waals surface area contributed by atoms with Gasteiger partial charge in [-0.3, -0.25) is 0 Å². The smallest absolute Gasteiger partial charge is 0.357 e. The number of methoxy groups -OCH3 is 2. The molecule has 0 saturated carbocycles. The van der Waals surface area contributed by atoms with E-state index in [4.69, 9.17) is 10.5 Å². The van der Waals surface area contributed by atoms with Crippen molar-refractivity contribution in [3.05, 3.63) is 35.2 Å². The Balaban J connectivity index is 3.03. The van der Waals surface area contributed by atoms with Gasteiger partial charge in [-0.15, -0.1) is 0 Å². The number of aromatic carboxylic acids is 1. The van der Waals surface area contributed by atoms with Crippen LogP contribution in [0.2, 0.25) is 0 Å². The number of carboxylic acids is 1. The SMILES string of the molecule is CCS(=O)(=O)c1cc(C(=O)O)c(OC)cc1-n1cc(C#N)c(N)c1C(=O)OC. The third kappa shape index (κ3) is 3.37. The topological polar surface area (TPSA) is 162 Å². The molecule has 2 rings (SSSR count). The van der Waals surface area contributed by atoms with Gasteiger partial charge in [0.25, 0.3) is 0 Å². The molecule has 28 heavy (non-hydrogen) atoms. The van der Waals surface area contributed by atoms with E-state index in [9.17, 15) is 28.4 Å². The molecule has 0 aliphatic carbocycles. The van der Waals surface area contributed by atoms with Crippen LogP contribution in [0.5, 0.6) is 5.75 Å². The lowest BCUT2D eigenvalue weighted by Crippen LogP contribution is -2.16. The zero-order valence-corrected chi connectivity index (χ0v) is 16.0. The van der Waals surface area contributed by atoms with Gasteiger partial charge < -0.3 is 24.9 Å². The van der Waals surface area contributed by atoms with Crippen molar-refractivity contribution in [2.45, 2.75) is 11.8 Å². The minimum Gasteiger partial charge on any atom is -0.496 e. The molecule has 10 nitrogen and oxygen atoms in total. The Labute approximate surface area is 160 Å². The summed E-state index contributed by atoms with van der Waals surface area (Å²) in [7, 11) is -1.62. The van der Waals surface area contributed by atoms with E-state index >= 15 is 0 Å². The first-order valence-corrected chi connectivity index (χ1v) is 9.45. The Kier molecular flexibility index (Phi) is 5.65. The molecule has 0 aliphatic heterocycles. The molecule has 0 bridgehead atoms. The minimum atomic E-state index is -3.93. The second-order valence-corrected chi connectivity index (χ2v) is 7.75. The van der Waals surface area contributed by atoms with E-state index in [0.717, 1.165) is 23.8 Å². The van der Waals surface area contributed by atoms with Crippen molar-refractivity contribution in [1.29, 1.82) is 5.26 Å². The van der Waals surface area contributed by atoms with Crippen LogP contribution in [0.1, 0.15) is 33.3 Å². The summed E-state index contributed by atoms with van der Waals surface area (Å²) >= 11 is 0. The zero-order valence-electron chi connectivity index (χ0n) is 15.2. The molecule has 0 spiro atoms. The predicted molar refractivity (Wildman–Crippen MR) is 97.5 cm³/mol. The van der Waals surface area contributed by atoms with E-state index in [1.54, 1.807) is 6.07 Å². The van der Waals surface area contributed by atoms with Gasteiger partial charge in [-0.25, -0.2) is 18.0 Å². The molecule has 2 aromatic rings. The summed E-state index contributed by atoms with van der Waals surface area (Å²) in [6.45, 7) is 1.38. The monoisotopic (exact) mass is 407 g/mol. The van der Waals surface area contributed by atoms with Gasteiger partial charge in [-0.05, 0) is 6.07 Å². The number of benzene rings is 1. The first-order chi connectivity index (χ1) is 13.1. The van der Waals surface area contributed by atoms with Crippen molar-refractivity contribution >= 4 is 27.5 Å². The highest BCUT2D eigenvalue weighted by atomic mass is 32.2. The van der Waals surface area contributed by atoms with Crippen molar-refractivity contribution in [2.24, 2.45) is 0 Å². The van der Waals surface area contributed by atoms with Crippen LogP contribution < -0.4 is 10.5 Å². The number of anilines is 1. The van der Waals surface area contributed by atoms with E-state index in [1.165, 1.54) is 20.2 Å². The number of sulfone groups is 1. The molecule has 11 heteroatoms. The van der Waals surface area contributed by atoms with Crippen LogP contribution in [-0.4, -0.2) is 50.0 Å². The van der Waals surface area contributed by atoms with E-state index in [-0.39, 0.29) is 44.6 Å². The Bertz CT molecular complexity index is 1110. The average Bonchev–Trinajstić information content (AvgIpc) is 3.02. The number of rotatable bonds is 6. The van der Waals surface area contributed by atoms with E-state index in [0.29, 0.717) is 0 Å². The van der Waals surface area contributed by atoms with Gasteiger partial charge in [0.15, 0.2) is 15.5 Å². The van der Waals surface area contributed by atoms with Crippen LogP contribution in [0.15, 0.2) is 23.2 Å². The summed E-state index contributed by atoms with van der Waals surface area (Å²) in [4.78, 5) is 23.4. The van der Waals surface area contributed by atoms with Crippen molar-refractivity contribution in [2.75, 3.05) is 25.7 Å². The van der Waals surface area contributed by atoms with Gasteiger partial charge >= 0.3 is 11.9 Å². The molecule has 148 valence electrons. The number of nitrogens with two attached hydrogens (primary N) is 1. The largest absolute Gasteiger partial charge is 0.496 e. The third-order valence-electron chi connectivity index (χ3n) is 4.03. The van der Waals surface area contributed by atoms with Crippen LogP contribution in [-0.2, 0) is 14.6 Å². The quantitative estimate of drug-likeness (QED) is 0.670. The number of ether oxygens (including phenoxy) is 2. The lowest BCUT2D eigenvalue weighted by atomic mass is 10.1. The number of nitriles is 1. The minimum absolute atomic E-state index is 0.0819. The van der Waals surface area contributed by atoms with Gasteiger partial charge in [0, 0.05) is 12.3 Å². The number of hydrogen-bond acceptors (Lipinski definition) is 8. The summed E-state index contributed by atoms with van der Waals surface area (Å²) in [5.74, 6) is -2.77. The fraction of sp³-hybridized carbons (Fsp3) is 0.235. The second-order valence-electron chi connectivity index (χ2n) is 5.51. The number of esters is 1. The molecule has 3 N–H and O–H groups in total. The van der Waals surface area contributed by atoms with Gasteiger partial charge in [0.05, 0.1) is 41.8 Å². The maximum absolute atomic E-state index is 12.6. The van der Waals surface area contributed by atoms with Crippen molar-refractivity contribution < 1.29 is 32.6 Å². The summed E-state index contributed by atoms with van der Waals surface area (Å²) in [5, 5.41) is 18.6. The molecule has 1 aromatic carbocycles. The summed E-state index contributed by atoms with van der Waals surface area (Å²) in [6, 6.07) is 3.90. The van der Waals surface area contributed by atoms with E-state index in [1.807, 2.05) is 0 Å². The Morgan fingerprint density at radius 3 is 2.43 bits per heavy atom. The Hall–Kier alpha value is -3.52. The van der Waals surface area contributed by atoms with Crippen molar-refractivity contribution in [3.63, 3.8) is 0 Å². The molecule has 0 radical (unpaired) electrons. The van der Waals surface area contributed by atoms with Crippen LogP contribution in [0.25, 0.3) is 5.69 Å². The lowest BCUT2D eigenvalue weighted by Gasteiger charge is -2.16. The summed E-state index contributed by atoms with van der Waals surface area (Å²) < 4.78 is 36.1. The van der Waals surface area contributed by atoms with Gasteiger partial charge in [0.2, 0.25) is 0 Å². The number of aromatic nitrogens is 1. The maximum atomic E-state index is 12.6. The van der Waals surface area contributed by atoms with Gasteiger partial charge in [0.1, 0.15) is 17.4 Å². The highest BCUT2D eigenvalue weighted by molar-refractivity contribution is 7.91. The fourth-order valence-electron chi connectivity index (χ4n) is 2.58. The molecule has 0 unspecified atom stereocenters. The zero-order chi connectivity index (χ0) is 21.2. The first-order valence-electron chi connectivity index (χ1n) is 7.80. The number of nitrogens with zero attached hydrogens (tertiary/aromatic N) is 2. The predicted octanol–water partition coefficient (Wildman–Crippen LogP) is 1.22. The molecule has 1 heterocycles. The second kappa shape index (κ2) is 7.61. The molecule has 0 saturated heterocycles. The normalized spacial score (nSPS) is 10.9. The number of carbonyl (C=O) groups excluding carboxylic acids is 1. The lowest BCUT2D eigenvalue weighted by molar-refractivity contribution is 0.0591. The maximum Gasteiger partial charge on any atom is 0.357 e. The Morgan fingerprint density at radius 2 is 1.96 bits per heavy atom. The first kappa shape index (κ1) is 20.8. The van der Waals surface area contributed by atoms with E-state index in [2.05, 4.69) is 4.74 Å². The van der Waals surface area contributed by atoms with Crippen LogP contribution in [0, 0.1) is 11.3 Å². The summed E-state index contributed by atoms with van der Waals surface area (Å²) in [6.07, 6.45) is 1.17. The molecule has 0 aliphatic rings. The van der Waals surface area contributed by atoms with Gasteiger partial charge in [-0.2, -0.15) is 5.26 Å². The molecular formula is C17H17N3O7S. The Morgan fingerprint density at radius 1 is 1.32 bits per heavy atom. The number of carbonyl (C=O) groups is 2. The molecular weight excluding hydrogens is 390 g/mol. The molecule has 1 aromatic heterocycles. The molecule has 0 amide bonds. The number of hydrogen-bond donors (Lipinski definition) is 2. The highest BCUT2D eigenvalue weighted by Crippen LogP contribution is 2.34. The average molecular weight is 407 g/mol. The van der Waals surface area contributed by atoms with Crippen molar-refractivity contribution in [3.8, 4) is 17.5 Å². The third-order valence-corrected chi connectivity index (χ3v) is 5.79. The highest BCUT2D eigenvalue weighted by Gasteiger charge is 2.28. The standard InChI is InChI=1S/C17H17N3O7S/c1-4-28(24,25)13-5-10(16(21)22)12(26-2)6-11(13)20-8-9(7-18)14(19)15(20)17(23)27-3/h5-6,8H,4,19H2,1-3H3,(H,21,22). The van der Waals surface area contributed by atoms with Crippen molar-refractivity contribution in [1.82, 2.24) is 4.57 Å². The van der Waals surface area contributed by atoms with Crippen LogP contribution in [0.3, 0.4) is 0 Å². The van der Waals surface area contributed by atoms with E-state index < -0.39 is 21.8 Å².